The number of benzene rings is 1. The summed E-state index contributed by atoms with van der Waals surface area (Å²) in [6.45, 7) is 11.1. The Bertz CT molecular complexity index is 506. The Morgan fingerprint density at radius 3 is 2.75 bits per heavy atom. The third-order valence-electron chi connectivity index (χ3n) is 3.35. The zero-order valence-electron chi connectivity index (χ0n) is 13.0. The number of aryl methyl sites for hydroxylation is 1. The maximum Gasteiger partial charge on any atom is 0.410 e. The van der Waals surface area contributed by atoms with Gasteiger partial charge in [-0.15, -0.1) is 0 Å². The number of carbonyl (C=O) groups is 1. The minimum absolute atomic E-state index is 0.0950. The van der Waals surface area contributed by atoms with Crippen LogP contribution in [-0.4, -0.2) is 29.2 Å². The maximum atomic E-state index is 12.3. The summed E-state index contributed by atoms with van der Waals surface area (Å²) in [5.41, 5.74) is 2.98. The Hall–Kier alpha value is -1.71. The second-order valence-electron chi connectivity index (χ2n) is 6.50. The molecule has 0 unspecified atom stereocenters. The van der Waals surface area contributed by atoms with Crippen LogP contribution in [0.1, 0.15) is 38.8 Å². The van der Waals surface area contributed by atoms with Gasteiger partial charge in [-0.1, -0.05) is 17.7 Å². The molecule has 1 aliphatic rings. The van der Waals surface area contributed by atoms with Crippen molar-refractivity contribution in [1.29, 1.82) is 0 Å². The number of nitrogens with one attached hydrogen (secondary N) is 1. The molecule has 0 saturated heterocycles. The van der Waals surface area contributed by atoms with Crippen LogP contribution in [0.4, 0.5) is 10.5 Å². The lowest BCUT2D eigenvalue weighted by atomic mass is 10.1. The topological polar surface area (TPSA) is 41.6 Å². The van der Waals surface area contributed by atoms with E-state index >= 15 is 0 Å². The standard InChI is InChI=1S/C16H24N2O2/c1-11-6-7-14-13(8-11)10-18(12(2)9-17-14)15(19)20-16(3,4)5/h6-8,12,17H,9-10H2,1-5H3/t12-/m1/s1. The summed E-state index contributed by atoms with van der Waals surface area (Å²) in [5, 5.41) is 3.40. The van der Waals surface area contributed by atoms with Crippen molar-refractivity contribution in [2.45, 2.75) is 52.8 Å². The molecule has 1 aliphatic heterocycles. The van der Waals surface area contributed by atoms with Gasteiger partial charge in [0.2, 0.25) is 0 Å². The molecule has 0 radical (unpaired) electrons. The third-order valence-corrected chi connectivity index (χ3v) is 3.35. The molecule has 0 fully saturated rings. The predicted octanol–water partition coefficient (Wildman–Crippen LogP) is 3.55. The van der Waals surface area contributed by atoms with Gasteiger partial charge in [0.25, 0.3) is 0 Å². The number of carbonyl (C=O) groups excluding carboxylic acids is 1. The Labute approximate surface area is 121 Å². The van der Waals surface area contributed by atoms with Crippen molar-refractivity contribution in [3.05, 3.63) is 29.3 Å². The minimum atomic E-state index is -0.466. The van der Waals surface area contributed by atoms with Crippen molar-refractivity contribution in [1.82, 2.24) is 4.90 Å². The number of rotatable bonds is 0. The fraction of sp³-hybridized carbons (Fsp3) is 0.562. The highest BCUT2D eigenvalue weighted by molar-refractivity contribution is 5.70. The van der Waals surface area contributed by atoms with Crippen LogP contribution in [0, 0.1) is 6.92 Å². The minimum Gasteiger partial charge on any atom is -0.444 e. The van der Waals surface area contributed by atoms with E-state index in [-0.39, 0.29) is 12.1 Å². The predicted molar refractivity (Wildman–Crippen MR) is 80.9 cm³/mol. The molecule has 0 aromatic heterocycles. The van der Waals surface area contributed by atoms with Crippen LogP contribution in [0.5, 0.6) is 0 Å². The molecule has 1 atom stereocenters. The SMILES string of the molecule is Cc1ccc2c(c1)CN(C(=O)OC(C)(C)C)[C@H](C)CN2. The van der Waals surface area contributed by atoms with E-state index in [1.54, 1.807) is 4.90 Å². The van der Waals surface area contributed by atoms with Crippen LogP contribution in [0.25, 0.3) is 0 Å². The molecule has 0 spiro atoms. The summed E-state index contributed by atoms with van der Waals surface area (Å²) in [6, 6.07) is 6.38. The third kappa shape index (κ3) is 3.44. The van der Waals surface area contributed by atoms with Crippen molar-refractivity contribution in [2.24, 2.45) is 0 Å². The van der Waals surface area contributed by atoms with Gasteiger partial charge in [-0.3, -0.25) is 4.90 Å². The van der Waals surface area contributed by atoms with Gasteiger partial charge in [0.05, 0.1) is 6.54 Å². The normalized spacial score (nSPS) is 18.9. The zero-order chi connectivity index (χ0) is 14.9. The molecule has 1 aromatic carbocycles. The number of nitrogens with zero attached hydrogens (tertiary/aromatic N) is 1. The Kier molecular flexibility index (Phi) is 3.93. The van der Waals surface area contributed by atoms with Gasteiger partial charge in [-0.2, -0.15) is 0 Å². The number of hydrogen-bond donors (Lipinski definition) is 1. The van der Waals surface area contributed by atoms with E-state index < -0.39 is 5.60 Å². The summed E-state index contributed by atoms with van der Waals surface area (Å²) in [4.78, 5) is 14.1. The van der Waals surface area contributed by atoms with Crippen LogP contribution in [0.2, 0.25) is 0 Å². The molecule has 110 valence electrons. The Morgan fingerprint density at radius 2 is 2.10 bits per heavy atom. The molecule has 1 N–H and O–H groups in total. The zero-order valence-corrected chi connectivity index (χ0v) is 13.0. The highest BCUT2D eigenvalue weighted by atomic mass is 16.6. The van der Waals surface area contributed by atoms with Crippen molar-refractivity contribution in [3.8, 4) is 0 Å². The summed E-state index contributed by atoms with van der Waals surface area (Å²) in [6.07, 6.45) is -0.249. The van der Waals surface area contributed by atoms with Gasteiger partial charge in [0.1, 0.15) is 5.60 Å². The summed E-state index contributed by atoms with van der Waals surface area (Å²) >= 11 is 0. The van der Waals surface area contributed by atoms with Crippen molar-refractivity contribution >= 4 is 11.8 Å². The molecule has 0 saturated carbocycles. The van der Waals surface area contributed by atoms with E-state index in [1.807, 2.05) is 27.7 Å². The van der Waals surface area contributed by atoms with Gasteiger partial charge in [0.15, 0.2) is 0 Å². The first-order valence-corrected chi connectivity index (χ1v) is 7.09. The highest BCUT2D eigenvalue weighted by Crippen LogP contribution is 2.25. The average Bonchev–Trinajstić information content (AvgIpc) is 2.47. The molecule has 1 heterocycles. The van der Waals surface area contributed by atoms with Gasteiger partial charge < -0.3 is 10.1 Å². The molecule has 4 heteroatoms. The van der Waals surface area contributed by atoms with E-state index in [1.165, 1.54) is 5.56 Å². The van der Waals surface area contributed by atoms with Crippen LogP contribution in [-0.2, 0) is 11.3 Å². The van der Waals surface area contributed by atoms with Gasteiger partial charge in [-0.05, 0) is 46.2 Å². The molecule has 1 aromatic rings. The van der Waals surface area contributed by atoms with E-state index in [4.69, 9.17) is 4.74 Å². The molecular weight excluding hydrogens is 252 g/mol. The monoisotopic (exact) mass is 276 g/mol. The summed E-state index contributed by atoms with van der Waals surface area (Å²) < 4.78 is 5.51. The molecule has 4 nitrogen and oxygen atoms in total. The number of anilines is 1. The Balaban J connectivity index is 2.23. The number of ether oxygens (including phenoxy) is 1. The maximum absolute atomic E-state index is 12.3. The van der Waals surface area contributed by atoms with Crippen LogP contribution >= 0.6 is 0 Å². The largest absolute Gasteiger partial charge is 0.444 e. The summed E-state index contributed by atoms with van der Waals surface area (Å²) in [5.74, 6) is 0. The quantitative estimate of drug-likeness (QED) is 0.788. The van der Waals surface area contributed by atoms with E-state index in [9.17, 15) is 4.79 Å². The Morgan fingerprint density at radius 1 is 1.40 bits per heavy atom. The van der Waals surface area contributed by atoms with Crippen LogP contribution in [0.15, 0.2) is 18.2 Å². The average molecular weight is 276 g/mol. The van der Waals surface area contributed by atoms with E-state index in [0.29, 0.717) is 6.54 Å². The lowest BCUT2D eigenvalue weighted by Gasteiger charge is -2.30. The molecule has 20 heavy (non-hydrogen) atoms. The fourth-order valence-electron chi connectivity index (χ4n) is 2.30. The number of fused-ring (bicyclic) bond motifs is 1. The fourth-order valence-corrected chi connectivity index (χ4v) is 2.30. The molecule has 1 amide bonds. The summed E-state index contributed by atoms with van der Waals surface area (Å²) in [7, 11) is 0. The van der Waals surface area contributed by atoms with Crippen molar-refractivity contribution in [3.63, 3.8) is 0 Å². The number of amides is 1. The lowest BCUT2D eigenvalue weighted by molar-refractivity contribution is 0.0172. The van der Waals surface area contributed by atoms with Crippen molar-refractivity contribution < 1.29 is 9.53 Å². The molecule has 0 aliphatic carbocycles. The van der Waals surface area contributed by atoms with Gasteiger partial charge in [-0.25, -0.2) is 4.79 Å². The first-order valence-electron chi connectivity index (χ1n) is 7.09. The second kappa shape index (κ2) is 5.35. The highest BCUT2D eigenvalue weighted by Gasteiger charge is 2.28. The van der Waals surface area contributed by atoms with Gasteiger partial charge in [0, 0.05) is 18.3 Å². The molecular formula is C16H24N2O2. The van der Waals surface area contributed by atoms with Gasteiger partial charge >= 0.3 is 6.09 Å². The second-order valence-corrected chi connectivity index (χ2v) is 6.50. The van der Waals surface area contributed by atoms with Crippen molar-refractivity contribution in [2.75, 3.05) is 11.9 Å². The first-order chi connectivity index (χ1) is 9.26. The number of hydrogen-bond acceptors (Lipinski definition) is 3. The van der Waals surface area contributed by atoms with Crippen LogP contribution in [0.3, 0.4) is 0 Å². The van der Waals surface area contributed by atoms with E-state index in [2.05, 4.69) is 30.4 Å². The lowest BCUT2D eigenvalue weighted by Crippen LogP contribution is -2.43. The first kappa shape index (κ1) is 14.7. The smallest absolute Gasteiger partial charge is 0.410 e. The molecule has 2 rings (SSSR count). The molecule has 0 bridgehead atoms. The van der Waals surface area contributed by atoms with Crippen LogP contribution < -0.4 is 5.32 Å². The van der Waals surface area contributed by atoms with E-state index in [0.717, 1.165) is 17.8 Å².